The molecule has 1 aliphatic heterocycles. The molecule has 1 aromatic rings. The molecular weight excluding hydrogens is 594 g/mol. The minimum Gasteiger partial charge on any atom is -0.508 e. The lowest BCUT2D eigenvalue weighted by molar-refractivity contribution is -0.228. The van der Waals surface area contributed by atoms with Gasteiger partial charge >= 0.3 is 6.03 Å². The molecule has 258 valence electrons. The highest BCUT2D eigenvalue weighted by molar-refractivity contribution is 6.03. The van der Waals surface area contributed by atoms with Gasteiger partial charge in [0.05, 0.1) is 31.5 Å². The van der Waals surface area contributed by atoms with Crippen LogP contribution in [0.5, 0.6) is 11.5 Å². The van der Waals surface area contributed by atoms with Gasteiger partial charge in [-0.05, 0) is 74.6 Å². The Morgan fingerprint density at radius 3 is 2.54 bits per heavy atom. The third-order valence-corrected chi connectivity index (χ3v) is 9.42. The molecule has 12 nitrogen and oxygen atoms in total. The van der Waals surface area contributed by atoms with E-state index < -0.39 is 17.7 Å². The van der Waals surface area contributed by atoms with E-state index in [0.29, 0.717) is 43.9 Å². The van der Waals surface area contributed by atoms with Crippen LogP contribution in [0.25, 0.3) is 0 Å². The molecule has 6 N–H and O–H groups in total. The van der Waals surface area contributed by atoms with Crippen molar-refractivity contribution in [3.63, 3.8) is 0 Å². The van der Waals surface area contributed by atoms with Gasteiger partial charge in [-0.3, -0.25) is 0 Å². The molecule has 0 spiro atoms. The monoisotopic (exact) mass is 647 g/mol. The van der Waals surface area contributed by atoms with E-state index in [1.807, 2.05) is 13.8 Å². The molecule has 4 rings (SSSR count). The Morgan fingerprint density at radius 2 is 1.85 bits per heavy atom. The van der Waals surface area contributed by atoms with Crippen molar-refractivity contribution in [2.45, 2.75) is 83.0 Å². The predicted octanol–water partition coefficient (Wildman–Crippen LogP) is 3.27. The lowest BCUT2D eigenvalue weighted by Crippen LogP contribution is -2.69. The van der Waals surface area contributed by atoms with Crippen LogP contribution in [0.15, 0.2) is 35.0 Å². The first kappa shape index (κ1) is 35.9. The molecule has 0 bridgehead atoms. The Hall–Kier alpha value is -2.90. The summed E-state index contributed by atoms with van der Waals surface area (Å²) in [5.74, 6) is -2.05. The minimum absolute atomic E-state index is 0.0270. The highest BCUT2D eigenvalue weighted by Crippen LogP contribution is 2.60. The van der Waals surface area contributed by atoms with E-state index in [0.717, 1.165) is 36.8 Å². The standard InChI is InChI=1S/C34H53N3O9/c1-3-14-37(33(42)35-13-18-44-19-17-40)30-22-28(36-45-4-2)26-20-23(9-5-7-15-38)25(10-6-8-16-39)31-27-21-24(41)11-12-29(27)46-34(30,43)32(26)31/h11-12,20-21,23,25,30-32,38-41,43H,3-10,13-19,22H2,1-2H3,(H,35,42)/t23-,25+,30-,31+,32+,34+/m0/s1. The number of rotatable bonds is 18. The molecule has 6 atom stereocenters. The number of benzene rings is 1. The van der Waals surface area contributed by atoms with Gasteiger partial charge in [0.2, 0.25) is 5.79 Å². The van der Waals surface area contributed by atoms with Crippen LogP contribution in [0, 0.1) is 17.8 Å². The van der Waals surface area contributed by atoms with Crippen molar-refractivity contribution < 1.29 is 44.6 Å². The number of nitrogens with one attached hydrogen (secondary N) is 1. The molecule has 46 heavy (non-hydrogen) atoms. The number of phenols is 1. The van der Waals surface area contributed by atoms with Gasteiger partial charge in [-0.2, -0.15) is 0 Å². The van der Waals surface area contributed by atoms with Crippen LogP contribution in [0.1, 0.15) is 76.7 Å². The quantitative estimate of drug-likeness (QED) is 0.103. The van der Waals surface area contributed by atoms with Crippen LogP contribution in [0.3, 0.4) is 0 Å². The van der Waals surface area contributed by atoms with Gasteiger partial charge in [0.1, 0.15) is 24.1 Å². The first-order valence-corrected chi connectivity index (χ1v) is 16.9. The van der Waals surface area contributed by atoms with E-state index in [1.165, 1.54) is 0 Å². The summed E-state index contributed by atoms with van der Waals surface area (Å²) in [6.45, 7) is 5.25. The van der Waals surface area contributed by atoms with E-state index in [1.54, 1.807) is 23.1 Å². The number of hydrogen-bond donors (Lipinski definition) is 6. The summed E-state index contributed by atoms with van der Waals surface area (Å²) in [5, 5.41) is 59.2. The second-order valence-electron chi connectivity index (χ2n) is 12.4. The highest BCUT2D eigenvalue weighted by atomic mass is 16.6. The Bertz CT molecular complexity index is 1190. The van der Waals surface area contributed by atoms with E-state index in [-0.39, 0.29) is 75.5 Å². The average Bonchev–Trinajstić information content (AvgIpc) is 3.04. The zero-order valence-corrected chi connectivity index (χ0v) is 27.3. The topological polar surface area (TPSA) is 174 Å². The summed E-state index contributed by atoms with van der Waals surface area (Å²) >= 11 is 0. The largest absolute Gasteiger partial charge is 0.508 e. The number of hydrogen-bond acceptors (Lipinski definition) is 10. The molecule has 2 aliphatic carbocycles. The smallest absolute Gasteiger partial charge is 0.317 e. The molecule has 0 aromatic heterocycles. The number of fused-ring (bicyclic) bond motifs is 2. The maximum absolute atomic E-state index is 13.8. The molecule has 1 saturated carbocycles. The Balaban J connectivity index is 1.85. The number of allylic oxidation sites excluding steroid dienone is 1. The molecule has 12 heteroatoms. The Morgan fingerprint density at radius 1 is 1.09 bits per heavy atom. The number of nitrogens with zero attached hydrogens (tertiary/aromatic N) is 2. The summed E-state index contributed by atoms with van der Waals surface area (Å²) in [6, 6.07) is 3.76. The zero-order valence-electron chi connectivity index (χ0n) is 27.3. The van der Waals surface area contributed by atoms with Crippen molar-refractivity contribution in [2.24, 2.45) is 22.9 Å². The third-order valence-electron chi connectivity index (χ3n) is 9.42. The van der Waals surface area contributed by atoms with Crippen LogP contribution < -0.4 is 10.1 Å². The van der Waals surface area contributed by atoms with Gasteiger partial charge in [-0.1, -0.05) is 31.0 Å². The fourth-order valence-electron chi connectivity index (χ4n) is 7.56. The van der Waals surface area contributed by atoms with Crippen LogP contribution >= 0.6 is 0 Å². The van der Waals surface area contributed by atoms with Crippen molar-refractivity contribution in [3.05, 3.63) is 35.4 Å². The number of carbonyl (C=O) groups excluding carboxylic acids is 1. The maximum Gasteiger partial charge on any atom is 0.317 e. The molecule has 1 fully saturated rings. The fourth-order valence-corrected chi connectivity index (χ4v) is 7.56. The SMILES string of the molecule is CCCN(C(=O)NCCOCCO)[C@H]1CC(=NOCC)C2=C[C@H](CCCCO)[C@@H](CCCCO)[C@@H]3c4cc(O)ccc4O[C@@]1(O)[C@H]23. The first-order valence-electron chi connectivity index (χ1n) is 16.9. The highest BCUT2D eigenvalue weighted by Gasteiger charge is 2.64. The second-order valence-corrected chi connectivity index (χ2v) is 12.4. The van der Waals surface area contributed by atoms with Crippen molar-refractivity contribution >= 4 is 11.7 Å². The van der Waals surface area contributed by atoms with Gasteiger partial charge < -0.3 is 50.1 Å². The number of ether oxygens (including phenoxy) is 2. The van der Waals surface area contributed by atoms with E-state index in [2.05, 4.69) is 16.5 Å². The number of aliphatic hydroxyl groups is 4. The molecule has 1 heterocycles. The van der Waals surface area contributed by atoms with Crippen LogP contribution in [0.2, 0.25) is 0 Å². The van der Waals surface area contributed by atoms with E-state index >= 15 is 0 Å². The molecule has 3 aliphatic rings. The summed E-state index contributed by atoms with van der Waals surface area (Å²) in [7, 11) is 0. The van der Waals surface area contributed by atoms with Gasteiger partial charge in [-0.15, -0.1) is 0 Å². The van der Waals surface area contributed by atoms with Gasteiger partial charge in [0.15, 0.2) is 0 Å². The first-order chi connectivity index (χ1) is 22.3. The minimum atomic E-state index is -1.82. The van der Waals surface area contributed by atoms with Gasteiger partial charge in [0, 0.05) is 44.2 Å². The molecule has 0 saturated heterocycles. The summed E-state index contributed by atoms with van der Waals surface area (Å²) in [6.07, 6.45) is 7.55. The predicted molar refractivity (Wildman–Crippen MR) is 173 cm³/mol. The summed E-state index contributed by atoms with van der Waals surface area (Å²) in [5.41, 5.74) is 2.28. The number of phenolic OH excluding ortho intramolecular Hbond substituents is 1. The number of aliphatic hydroxyl groups excluding tert-OH is 3. The lowest BCUT2D eigenvalue weighted by atomic mass is 9.55. The average molecular weight is 648 g/mol. The normalized spacial score (nSPS) is 27.3. The van der Waals surface area contributed by atoms with Crippen molar-refractivity contribution in [1.82, 2.24) is 10.2 Å². The Labute approximate surface area is 272 Å². The Kier molecular flexibility index (Phi) is 13.5. The van der Waals surface area contributed by atoms with Gasteiger partial charge in [0.25, 0.3) is 0 Å². The van der Waals surface area contributed by atoms with Crippen LogP contribution in [-0.2, 0) is 9.57 Å². The summed E-state index contributed by atoms with van der Waals surface area (Å²) < 4.78 is 11.9. The number of aromatic hydroxyl groups is 1. The molecule has 0 radical (unpaired) electrons. The number of carbonyl (C=O) groups is 1. The zero-order chi connectivity index (χ0) is 33.1. The maximum atomic E-state index is 13.8. The summed E-state index contributed by atoms with van der Waals surface area (Å²) in [4.78, 5) is 21.0. The van der Waals surface area contributed by atoms with E-state index in [9.17, 15) is 25.2 Å². The fraction of sp³-hybridized carbons (Fsp3) is 0.706. The van der Waals surface area contributed by atoms with Crippen molar-refractivity contribution in [1.29, 1.82) is 0 Å². The number of oxime groups is 1. The lowest BCUT2D eigenvalue weighted by Gasteiger charge is -2.58. The molecular formula is C34H53N3O9. The second kappa shape index (κ2) is 17.3. The third kappa shape index (κ3) is 7.96. The van der Waals surface area contributed by atoms with E-state index in [4.69, 9.17) is 19.4 Å². The number of amides is 2. The molecule has 0 unspecified atom stereocenters. The van der Waals surface area contributed by atoms with Gasteiger partial charge in [-0.25, -0.2) is 4.79 Å². The number of urea groups is 1. The van der Waals surface area contributed by atoms with Crippen molar-refractivity contribution in [2.75, 3.05) is 52.7 Å². The van der Waals surface area contributed by atoms with Crippen molar-refractivity contribution in [3.8, 4) is 11.5 Å². The number of unbranched alkanes of at least 4 members (excludes halogenated alkanes) is 2. The molecule has 2 amide bonds. The molecule has 1 aromatic carbocycles. The van der Waals surface area contributed by atoms with Crippen LogP contribution in [-0.4, -0.2) is 107 Å². The van der Waals surface area contributed by atoms with Crippen LogP contribution in [0.4, 0.5) is 4.79 Å².